The summed E-state index contributed by atoms with van der Waals surface area (Å²) in [6.07, 6.45) is 2.15. The maximum Gasteiger partial charge on any atom is 0.433 e. The Labute approximate surface area is 131 Å². The highest BCUT2D eigenvalue weighted by Crippen LogP contribution is 2.28. The Morgan fingerprint density at radius 3 is 2.87 bits per heavy atom. The molecule has 0 aliphatic carbocycles. The van der Waals surface area contributed by atoms with Crippen LogP contribution in [0.2, 0.25) is 0 Å². The molecule has 1 fully saturated rings. The molecule has 2 aromatic heterocycles. The van der Waals surface area contributed by atoms with Crippen molar-refractivity contribution < 1.29 is 13.2 Å². The lowest BCUT2D eigenvalue weighted by molar-refractivity contribution is -0.141. The Morgan fingerprint density at radius 1 is 1.35 bits per heavy atom. The molecular weight excluding hydrogens is 309 g/mol. The van der Waals surface area contributed by atoms with Gasteiger partial charge in [0.25, 0.3) is 0 Å². The number of rotatable bonds is 3. The third-order valence-corrected chi connectivity index (χ3v) is 3.76. The van der Waals surface area contributed by atoms with Gasteiger partial charge in [0.1, 0.15) is 5.69 Å². The van der Waals surface area contributed by atoms with Crippen molar-refractivity contribution in [3.63, 3.8) is 0 Å². The van der Waals surface area contributed by atoms with Crippen LogP contribution in [0, 0.1) is 0 Å². The average molecular weight is 326 g/mol. The smallest absolute Gasteiger partial charge is 0.367 e. The molecule has 9 heteroatoms. The van der Waals surface area contributed by atoms with E-state index in [-0.39, 0.29) is 12.0 Å². The summed E-state index contributed by atoms with van der Waals surface area (Å²) in [6, 6.07) is 0.862. The van der Waals surface area contributed by atoms with Gasteiger partial charge >= 0.3 is 6.18 Å². The molecular formula is C14H17F3N6. The third-order valence-electron chi connectivity index (χ3n) is 3.76. The molecule has 0 amide bonds. The summed E-state index contributed by atoms with van der Waals surface area (Å²) < 4.78 is 39.8. The number of nitrogens with one attached hydrogen (secondary N) is 1. The summed E-state index contributed by atoms with van der Waals surface area (Å²) in [5.41, 5.74) is 0.0684. The zero-order valence-electron chi connectivity index (χ0n) is 12.6. The Kier molecular flexibility index (Phi) is 4.10. The molecule has 1 N–H and O–H groups in total. The van der Waals surface area contributed by atoms with Crippen LogP contribution >= 0.6 is 0 Å². The van der Waals surface area contributed by atoms with Crippen LogP contribution in [-0.4, -0.2) is 38.9 Å². The minimum absolute atomic E-state index is 0.00700. The summed E-state index contributed by atoms with van der Waals surface area (Å²) >= 11 is 0. The first-order valence-corrected chi connectivity index (χ1v) is 7.32. The molecule has 0 spiro atoms. The van der Waals surface area contributed by atoms with Crippen LogP contribution in [0.25, 0.3) is 0 Å². The fourth-order valence-electron chi connectivity index (χ4n) is 2.67. The minimum atomic E-state index is -4.46. The lowest BCUT2D eigenvalue weighted by Gasteiger charge is -2.33. The largest absolute Gasteiger partial charge is 0.433 e. The van der Waals surface area contributed by atoms with E-state index in [1.54, 1.807) is 10.9 Å². The highest BCUT2D eigenvalue weighted by molar-refractivity contribution is 5.44. The molecule has 0 aromatic carbocycles. The number of piperidine rings is 1. The van der Waals surface area contributed by atoms with Gasteiger partial charge in [0, 0.05) is 38.6 Å². The molecule has 1 unspecified atom stereocenters. The van der Waals surface area contributed by atoms with Gasteiger partial charge in [-0.3, -0.25) is 4.68 Å². The third kappa shape index (κ3) is 3.72. The zero-order valence-corrected chi connectivity index (χ0v) is 12.6. The van der Waals surface area contributed by atoms with Gasteiger partial charge in [0.2, 0.25) is 5.95 Å². The zero-order chi connectivity index (χ0) is 16.4. The van der Waals surface area contributed by atoms with Crippen LogP contribution in [0.15, 0.2) is 24.7 Å². The maximum atomic E-state index is 12.7. The average Bonchev–Trinajstić information content (AvgIpc) is 2.94. The van der Waals surface area contributed by atoms with Crippen molar-refractivity contribution in [1.82, 2.24) is 19.7 Å². The number of aromatic nitrogens is 4. The Balaban J connectivity index is 1.68. The molecule has 0 radical (unpaired) electrons. The Morgan fingerprint density at radius 2 is 2.17 bits per heavy atom. The second-order valence-electron chi connectivity index (χ2n) is 5.56. The highest BCUT2D eigenvalue weighted by atomic mass is 19.4. The van der Waals surface area contributed by atoms with Gasteiger partial charge in [0.05, 0.1) is 11.9 Å². The first-order valence-electron chi connectivity index (χ1n) is 7.32. The summed E-state index contributed by atoms with van der Waals surface area (Å²) in [6.45, 7) is 1.57. The van der Waals surface area contributed by atoms with Crippen LogP contribution < -0.4 is 10.2 Å². The molecule has 3 rings (SSSR count). The van der Waals surface area contributed by atoms with Crippen LogP contribution in [0.1, 0.15) is 18.5 Å². The van der Waals surface area contributed by atoms with E-state index in [4.69, 9.17) is 0 Å². The molecule has 1 aliphatic heterocycles. The molecule has 3 heterocycles. The highest BCUT2D eigenvalue weighted by Gasteiger charge is 2.33. The van der Waals surface area contributed by atoms with Gasteiger partial charge < -0.3 is 10.2 Å². The molecule has 1 saturated heterocycles. The van der Waals surface area contributed by atoms with Crippen molar-refractivity contribution in [3.05, 3.63) is 30.4 Å². The summed E-state index contributed by atoms with van der Waals surface area (Å²) in [5.74, 6) is 0.0119. The lowest BCUT2D eigenvalue weighted by atomic mass is 10.1. The van der Waals surface area contributed by atoms with Crippen LogP contribution in [0.5, 0.6) is 0 Å². The van der Waals surface area contributed by atoms with E-state index >= 15 is 0 Å². The van der Waals surface area contributed by atoms with Crippen LogP contribution in [-0.2, 0) is 13.2 Å². The summed E-state index contributed by atoms with van der Waals surface area (Å²) in [7, 11) is 1.85. The van der Waals surface area contributed by atoms with E-state index in [0.29, 0.717) is 6.54 Å². The van der Waals surface area contributed by atoms with Crippen molar-refractivity contribution >= 4 is 11.6 Å². The Bertz CT molecular complexity index is 669. The van der Waals surface area contributed by atoms with Crippen molar-refractivity contribution in [2.75, 3.05) is 23.3 Å². The van der Waals surface area contributed by atoms with Gasteiger partial charge in [0.15, 0.2) is 0 Å². The first-order chi connectivity index (χ1) is 10.9. The number of hydrogen-bond donors (Lipinski definition) is 1. The molecule has 0 bridgehead atoms. The quantitative estimate of drug-likeness (QED) is 0.938. The van der Waals surface area contributed by atoms with E-state index in [0.717, 1.165) is 37.3 Å². The number of halogens is 3. The van der Waals surface area contributed by atoms with Crippen LogP contribution in [0.3, 0.4) is 0 Å². The second kappa shape index (κ2) is 6.05. The number of anilines is 2. The molecule has 124 valence electrons. The minimum Gasteiger partial charge on any atom is -0.367 e. The van der Waals surface area contributed by atoms with E-state index in [2.05, 4.69) is 25.3 Å². The standard InChI is InChI=1S/C14H17F3N6/c1-22-9-11(7-19-22)23-6-2-3-10(8-23)20-13-18-5-4-12(21-13)14(15,16)17/h4-5,7,9-10H,2-3,6,8H2,1H3,(H,18,20,21). The van der Waals surface area contributed by atoms with E-state index in [1.165, 1.54) is 0 Å². The van der Waals surface area contributed by atoms with Gasteiger partial charge in [-0.15, -0.1) is 0 Å². The number of hydrogen-bond acceptors (Lipinski definition) is 5. The predicted octanol–water partition coefficient (Wildman–Crippen LogP) is 2.31. The second-order valence-corrected chi connectivity index (χ2v) is 5.56. The fraction of sp³-hybridized carbons (Fsp3) is 0.500. The van der Waals surface area contributed by atoms with Gasteiger partial charge in [-0.1, -0.05) is 0 Å². The monoisotopic (exact) mass is 326 g/mol. The number of nitrogens with zero attached hydrogens (tertiary/aromatic N) is 5. The molecule has 2 aromatic rings. The predicted molar refractivity (Wildman–Crippen MR) is 79.1 cm³/mol. The number of aryl methyl sites for hydroxylation is 1. The van der Waals surface area contributed by atoms with Crippen LogP contribution in [0.4, 0.5) is 24.8 Å². The first kappa shape index (κ1) is 15.6. The lowest BCUT2D eigenvalue weighted by Crippen LogP contribution is -2.42. The van der Waals surface area contributed by atoms with Gasteiger partial charge in [-0.2, -0.15) is 18.3 Å². The maximum absolute atomic E-state index is 12.7. The topological polar surface area (TPSA) is 58.9 Å². The van der Waals surface area contributed by atoms with Gasteiger partial charge in [-0.25, -0.2) is 9.97 Å². The molecule has 0 saturated carbocycles. The van der Waals surface area contributed by atoms with Crippen molar-refractivity contribution in [2.24, 2.45) is 7.05 Å². The van der Waals surface area contributed by atoms with Crippen molar-refractivity contribution in [3.8, 4) is 0 Å². The number of alkyl halides is 3. The van der Waals surface area contributed by atoms with E-state index < -0.39 is 11.9 Å². The van der Waals surface area contributed by atoms with E-state index in [1.807, 2.05) is 13.2 Å². The Hall–Kier alpha value is -2.32. The van der Waals surface area contributed by atoms with Crippen molar-refractivity contribution in [1.29, 1.82) is 0 Å². The summed E-state index contributed by atoms with van der Waals surface area (Å²) in [5, 5.41) is 7.15. The molecule has 6 nitrogen and oxygen atoms in total. The summed E-state index contributed by atoms with van der Waals surface area (Å²) in [4.78, 5) is 9.60. The van der Waals surface area contributed by atoms with Gasteiger partial charge in [-0.05, 0) is 18.9 Å². The molecule has 1 aliphatic rings. The molecule has 23 heavy (non-hydrogen) atoms. The van der Waals surface area contributed by atoms with Crippen molar-refractivity contribution in [2.45, 2.75) is 25.1 Å². The van der Waals surface area contributed by atoms with E-state index in [9.17, 15) is 13.2 Å². The SMILES string of the molecule is Cn1cc(N2CCCC(Nc3nccc(C(F)(F)F)n3)C2)cn1. The fourth-order valence-corrected chi connectivity index (χ4v) is 2.67. The normalized spacial score (nSPS) is 19.0. The molecule has 1 atom stereocenters.